The first-order valence-electron chi connectivity index (χ1n) is 13.6. The van der Waals surface area contributed by atoms with Gasteiger partial charge in [0.15, 0.2) is 0 Å². The van der Waals surface area contributed by atoms with Crippen molar-refractivity contribution in [3.05, 3.63) is 118 Å². The molecule has 0 radical (unpaired) electrons. The normalized spacial score (nSPS) is 11.8. The Labute approximate surface area is 238 Å². The maximum atomic E-state index is 5.86. The van der Waals surface area contributed by atoms with Gasteiger partial charge in [-0.15, -0.1) is 0 Å². The molecule has 3 aromatic carbocycles. The van der Waals surface area contributed by atoms with Crippen molar-refractivity contribution in [2.75, 3.05) is 27.7 Å². The fourth-order valence-corrected chi connectivity index (χ4v) is 4.73. The molecule has 202 valence electrons. The minimum absolute atomic E-state index is 0.0516. The monoisotopic (exact) mass is 574 g/mol. The van der Waals surface area contributed by atoms with Crippen LogP contribution < -0.4 is 4.74 Å². The fourth-order valence-electron chi connectivity index (χ4n) is 4.35. The number of likely N-dealkylation sites (N-methyl/N-ethyl adjacent to an activating group) is 1. The maximum absolute atomic E-state index is 5.86. The number of halogens is 1. The van der Waals surface area contributed by atoms with Crippen molar-refractivity contribution >= 4 is 26.8 Å². The van der Waals surface area contributed by atoms with E-state index >= 15 is 0 Å². The quantitative estimate of drug-likeness (QED) is 0.186. The number of nitrogens with zero attached hydrogens (tertiary/aromatic N) is 2. The molecule has 0 spiro atoms. The Bertz CT molecular complexity index is 1250. The molecule has 0 saturated carbocycles. The number of benzene rings is 3. The predicted molar refractivity (Wildman–Crippen MR) is 168 cm³/mol. The van der Waals surface area contributed by atoms with Gasteiger partial charge in [0.25, 0.3) is 0 Å². The van der Waals surface area contributed by atoms with Crippen molar-refractivity contribution in [2.45, 2.75) is 46.5 Å². The Kier molecular flexibility index (Phi) is 13.8. The molecule has 3 nitrogen and oxygen atoms in total. The zero-order valence-corrected chi connectivity index (χ0v) is 25.6. The van der Waals surface area contributed by atoms with Gasteiger partial charge in [0, 0.05) is 27.9 Å². The Balaban J connectivity index is 0.00000121. The van der Waals surface area contributed by atoms with Crippen LogP contribution in [0.4, 0.5) is 0 Å². The number of ether oxygens (including phenoxy) is 1. The van der Waals surface area contributed by atoms with E-state index in [2.05, 4.69) is 114 Å². The molecule has 0 aliphatic carbocycles. The lowest BCUT2D eigenvalue weighted by atomic mass is 9.82. The van der Waals surface area contributed by atoms with E-state index in [1.54, 1.807) is 7.11 Å². The average Bonchev–Trinajstić information content (AvgIpc) is 2.97. The van der Waals surface area contributed by atoms with Crippen LogP contribution in [0.15, 0.2) is 101 Å². The van der Waals surface area contributed by atoms with Crippen LogP contribution in [0.3, 0.4) is 0 Å². The van der Waals surface area contributed by atoms with Crippen LogP contribution in [-0.4, -0.2) is 37.6 Å². The van der Waals surface area contributed by atoms with Gasteiger partial charge in [0.1, 0.15) is 0 Å². The molecule has 0 aliphatic rings. The van der Waals surface area contributed by atoms with Crippen molar-refractivity contribution in [3.8, 4) is 5.88 Å². The Morgan fingerprint density at radius 2 is 1.53 bits per heavy atom. The second-order valence-electron chi connectivity index (χ2n) is 8.79. The van der Waals surface area contributed by atoms with Crippen molar-refractivity contribution < 1.29 is 4.74 Å². The summed E-state index contributed by atoms with van der Waals surface area (Å²) in [4.78, 5) is 7.10. The highest BCUT2D eigenvalue weighted by Gasteiger charge is 2.24. The third-order valence-corrected chi connectivity index (χ3v) is 6.53. The van der Waals surface area contributed by atoms with Crippen molar-refractivity contribution in [3.63, 3.8) is 0 Å². The van der Waals surface area contributed by atoms with Gasteiger partial charge in [-0.25, -0.2) is 4.98 Å². The Morgan fingerprint density at radius 3 is 2.13 bits per heavy atom. The van der Waals surface area contributed by atoms with E-state index in [1.807, 2.05) is 39.8 Å². The highest BCUT2D eigenvalue weighted by Crippen LogP contribution is 2.40. The number of methoxy groups -OCH3 is 1. The molecule has 0 aliphatic heterocycles. The van der Waals surface area contributed by atoms with Crippen molar-refractivity contribution in [2.24, 2.45) is 0 Å². The van der Waals surface area contributed by atoms with E-state index in [1.165, 1.54) is 16.7 Å². The standard InChI is InChI=1S/C30H31BrN2O.2C2H6/c1-33(2)19-18-24(15-14-22-10-6-4-7-11-22)29(23-12-8-5-9-13-23)27-21-25-20-26(31)16-17-28(25)32-30(27)34-3;2*1-2/h4-13,16-18,20-21,29H,14-15,19H2,1-3H3;2*1-2H3/b24-18+;;. The van der Waals surface area contributed by atoms with Crippen LogP contribution in [0.1, 0.15) is 56.7 Å². The largest absolute Gasteiger partial charge is 0.481 e. The van der Waals surface area contributed by atoms with Crippen LogP contribution in [0.25, 0.3) is 10.9 Å². The lowest BCUT2D eigenvalue weighted by Crippen LogP contribution is -2.14. The number of aryl methyl sites for hydroxylation is 1. The molecule has 4 rings (SSSR count). The number of allylic oxidation sites excluding steroid dienone is 1. The summed E-state index contributed by atoms with van der Waals surface area (Å²) in [6, 6.07) is 29.8. The first kappa shape index (κ1) is 31.3. The van der Waals surface area contributed by atoms with Gasteiger partial charge in [-0.2, -0.15) is 0 Å². The molecule has 0 N–H and O–H groups in total. The van der Waals surface area contributed by atoms with Crippen LogP contribution >= 0.6 is 15.9 Å². The van der Waals surface area contributed by atoms with Crippen LogP contribution in [0.2, 0.25) is 0 Å². The Morgan fingerprint density at radius 1 is 0.895 bits per heavy atom. The third kappa shape index (κ3) is 8.82. The number of aromatic nitrogens is 1. The summed E-state index contributed by atoms with van der Waals surface area (Å²) in [6.07, 6.45) is 4.32. The van der Waals surface area contributed by atoms with Gasteiger partial charge in [-0.1, -0.05) is 116 Å². The van der Waals surface area contributed by atoms with Crippen molar-refractivity contribution in [1.82, 2.24) is 9.88 Å². The predicted octanol–water partition coefficient (Wildman–Crippen LogP) is 9.31. The molecule has 4 aromatic rings. The minimum Gasteiger partial charge on any atom is -0.481 e. The summed E-state index contributed by atoms with van der Waals surface area (Å²) in [5, 5.41) is 1.10. The second kappa shape index (κ2) is 16.8. The SMILES string of the molecule is CC.CC.COc1nc2ccc(Br)cc2cc1C(/C(=C/CN(C)C)CCc1ccccc1)c1ccccc1. The lowest BCUT2D eigenvalue weighted by Gasteiger charge is -2.25. The smallest absolute Gasteiger partial charge is 0.217 e. The molecule has 38 heavy (non-hydrogen) atoms. The molecule has 0 fully saturated rings. The molecule has 1 unspecified atom stereocenters. The highest BCUT2D eigenvalue weighted by molar-refractivity contribution is 9.10. The molecule has 1 heterocycles. The van der Waals surface area contributed by atoms with E-state index in [0.29, 0.717) is 5.88 Å². The zero-order chi connectivity index (χ0) is 27.9. The van der Waals surface area contributed by atoms with Gasteiger partial charge in [0.05, 0.1) is 12.6 Å². The second-order valence-corrected chi connectivity index (χ2v) is 9.71. The molecular formula is C34H43BrN2O. The van der Waals surface area contributed by atoms with E-state index in [4.69, 9.17) is 9.72 Å². The van der Waals surface area contributed by atoms with E-state index < -0.39 is 0 Å². The van der Waals surface area contributed by atoms with Gasteiger partial charge in [-0.3, -0.25) is 0 Å². The summed E-state index contributed by atoms with van der Waals surface area (Å²) >= 11 is 3.62. The summed E-state index contributed by atoms with van der Waals surface area (Å²) in [7, 11) is 5.93. The lowest BCUT2D eigenvalue weighted by molar-refractivity contribution is 0.393. The van der Waals surface area contributed by atoms with E-state index in [9.17, 15) is 0 Å². The van der Waals surface area contributed by atoms with Gasteiger partial charge in [-0.05, 0) is 62.3 Å². The van der Waals surface area contributed by atoms with Crippen LogP contribution in [0.5, 0.6) is 5.88 Å². The topological polar surface area (TPSA) is 25.4 Å². The van der Waals surface area contributed by atoms with Gasteiger partial charge in [0.2, 0.25) is 5.88 Å². The molecular weight excluding hydrogens is 532 g/mol. The molecule has 1 atom stereocenters. The summed E-state index contributed by atoms with van der Waals surface area (Å²) < 4.78 is 6.91. The van der Waals surface area contributed by atoms with Crippen LogP contribution in [0, 0.1) is 0 Å². The Hall–Kier alpha value is -2.95. The van der Waals surface area contributed by atoms with Gasteiger partial charge < -0.3 is 9.64 Å². The van der Waals surface area contributed by atoms with E-state index in [0.717, 1.165) is 40.3 Å². The summed E-state index contributed by atoms with van der Waals surface area (Å²) in [5.74, 6) is 0.731. The maximum Gasteiger partial charge on any atom is 0.217 e. The van der Waals surface area contributed by atoms with E-state index in [-0.39, 0.29) is 5.92 Å². The van der Waals surface area contributed by atoms with Crippen molar-refractivity contribution in [1.29, 1.82) is 0 Å². The first-order chi connectivity index (χ1) is 18.5. The highest BCUT2D eigenvalue weighted by atomic mass is 79.9. The number of fused-ring (bicyclic) bond motifs is 1. The zero-order valence-electron chi connectivity index (χ0n) is 24.0. The van der Waals surface area contributed by atoms with Crippen LogP contribution in [-0.2, 0) is 6.42 Å². The summed E-state index contributed by atoms with van der Waals surface area (Å²) in [5.41, 5.74) is 5.99. The first-order valence-corrected chi connectivity index (χ1v) is 14.4. The molecule has 1 aromatic heterocycles. The third-order valence-electron chi connectivity index (χ3n) is 6.04. The fraction of sp³-hybridized carbons (Fsp3) is 0.324. The van der Waals surface area contributed by atoms with Gasteiger partial charge >= 0.3 is 0 Å². The molecule has 0 bridgehead atoms. The average molecular weight is 576 g/mol. The summed E-state index contributed by atoms with van der Waals surface area (Å²) in [6.45, 7) is 8.88. The number of pyridine rings is 1. The molecule has 0 amide bonds. The molecule has 0 saturated heterocycles. The number of rotatable bonds is 9. The molecule has 4 heteroatoms. The number of hydrogen-bond donors (Lipinski definition) is 0. The number of hydrogen-bond acceptors (Lipinski definition) is 3. The minimum atomic E-state index is 0.0516.